The molecule has 0 saturated carbocycles. The lowest BCUT2D eigenvalue weighted by molar-refractivity contribution is -0.0206. The minimum Gasteiger partial charge on any atom is -0.493 e. The molecule has 4 rings (SSSR count). The van der Waals surface area contributed by atoms with Crippen LogP contribution < -0.4 is 4.74 Å². The van der Waals surface area contributed by atoms with Gasteiger partial charge in [0.15, 0.2) is 0 Å². The Labute approximate surface area is 169 Å². The Morgan fingerprint density at radius 1 is 1.21 bits per heavy atom. The highest BCUT2D eigenvalue weighted by atomic mass is 79.9. The van der Waals surface area contributed by atoms with Gasteiger partial charge in [-0.1, -0.05) is 22.0 Å². The number of nitrogens with zero attached hydrogens (tertiary/aromatic N) is 3. The van der Waals surface area contributed by atoms with E-state index in [1.54, 1.807) is 11.0 Å². The van der Waals surface area contributed by atoms with E-state index in [2.05, 4.69) is 26.0 Å². The van der Waals surface area contributed by atoms with Gasteiger partial charge in [0.2, 0.25) is 0 Å². The SMILES string of the molecule is Fc1ccc([C@@]2(Cn3cncn3)C[C@H](COc3ccc(Br)cc3)CO2)c(F)c1. The molecule has 0 N–H and O–H groups in total. The van der Waals surface area contributed by atoms with Gasteiger partial charge in [-0.2, -0.15) is 5.10 Å². The first-order valence-corrected chi connectivity index (χ1v) is 9.64. The molecule has 28 heavy (non-hydrogen) atoms. The summed E-state index contributed by atoms with van der Waals surface area (Å²) in [5.41, 5.74) is -0.644. The van der Waals surface area contributed by atoms with Gasteiger partial charge in [0.25, 0.3) is 0 Å². The predicted molar refractivity (Wildman–Crippen MR) is 102 cm³/mol. The lowest BCUT2D eigenvalue weighted by Crippen LogP contribution is -2.32. The van der Waals surface area contributed by atoms with E-state index in [4.69, 9.17) is 9.47 Å². The second-order valence-electron chi connectivity index (χ2n) is 6.86. The number of rotatable bonds is 6. The Hall–Kier alpha value is -2.32. The lowest BCUT2D eigenvalue weighted by Gasteiger charge is -2.29. The first kappa shape index (κ1) is 19.0. The molecule has 1 aliphatic rings. The highest BCUT2D eigenvalue weighted by Gasteiger charge is 2.44. The molecule has 0 radical (unpaired) electrons. The fourth-order valence-corrected chi connectivity index (χ4v) is 3.80. The number of aromatic nitrogens is 3. The summed E-state index contributed by atoms with van der Waals surface area (Å²) in [6.07, 6.45) is 3.49. The van der Waals surface area contributed by atoms with Gasteiger partial charge in [-0.05, 0) is 36.8 Å². The van der Waals surface area contributed by atoms with Crippen LogP contribution in [-0.2, 0) is 16.9 Å². The van der Waals surface area contributed by atoms with E-state index in [-0.39, 0.29) is 12.5 Å². The molecule has 8 heteroatoms. The van der Waals surface area contributed by atoms with Crippen LogP contribution in [0.25, 0.3) is 0 Å². The molecule has 2 aromatic carbocycles. The van der Waals surface area contributed by atoms with Gasteiger partial charge in [0.1, 0.15) is 35.6 Å². The lowest BCUT2D eigenvalue weighted by atomic mass is 9.87. The summed E-state index contributed by atoms with van der Waals surface area (Å²) in [4.78, 5) is 3.94. The summed E-state index contributed by atoms with van der Waals surface area (Å²) in [7, 11) is 0. The quantitative estimate of drug-likeness (QED) is 0.561. The Morgan fingerprint density at radius 2 is 2.04 bits per heavy atom. The van der Waals surface area contributed by atoms with E-state index in [1.807, 2.05) is 24.3 Å². The van der Waals surface area contributed by atoms with Crippen molar-refractivity contribution in [3.8, 4) is 5.75 Å². The number of hydrogen-bond donors (Lipinski definition) is 0. The number of ether oxygens (including phenoxy) is 2. The fourth-order valence-electron chi connectivity index (χ4n) is 3.53. The molecule has 0 unspecified atom stereocenters. The van der Waals surface area contributed by atoms with Gasteiger partial charge in [0, 0.05) is 22.0 Å². The van der Waals surface area contributed by atoms with Crippen LogP contribution in [-0.4, -0.2) is 28.0 Å². The third kappa shape index (κ3) is 4.07. The smallest absolute Gasteiger partial charge is 0.137 e. The van der Waals surface area contributed by atoms with Crippen molar-refractivity contribution < 1.29 is 18.3 Å². The molecule has 5 nitrogen and oxygen atoms in total. The zero-order valence-electron chi connectivity index (χ0n) is 14.9. The molecule has 146 valence electrons. The monoisotopic (exact) mass is 449 g/mol. The van der Waals surface area contributed by atoms with Crippen molar-refractivity contribution in [2.45, 2.75) is 18.6 Å². The van der Waals surface area contributed by atoms with Gasteiger partial charge in [-0.3, -0.25) is 0 Å². The Kier molecular flexibility index (Phi) is 5.41. The van der Waals surface area contributed by atoms with E-state index in [1.165, 1.54) is 18.5 Å². The third-order valence-corrected chi connectivity index (χ3v) is 5.35. The van der Waals surface area contributed by atoms with Gasteiger partial charge in [0.05, 0.1) is 19.8 Å². The summed E-state index contributed by atoms with van der Waals surface area (Å²) >= 11 is 3.39. The molecule has 3 aromatic rings. The van der Waals surface area contributed by atoms with Crippen LogP contribution in [0.15, 0.2) is 59.6 Å². The third-order valence-electron chi connectivity index (χ3n) is 4.82. The number of hydrogen-bond acceptors (Lipinski definition) is 4. The minimum absolute atomic E-state index is 0.0524. The van der Waals surface area contributed by atoms with Crippen LogP contribution in [0.5, 0.6) is 5.75 Å². The first-order valence-electron chi connectivity index (χ1n) is 8.84. The molecule has 1 aromatic heterocycles. The van der Waals surface area contributed by atoms with Crippen LogP contribution in [0.1, 0.15) is 12.0 Å². The molecule has 0 amide bonds. The van der Waals surface area contributed by atoms with E-state index >= 15 is 0 Å². The summed E-state index contributed by atoms with van der Waals surface area (Å²) < 4.78 is 42.6. The molecule has 1 fully saturated rings. The molecule has 0 bridgehead atoms. The van der Waals surface area contributed by atoms with Crippen LogP contribution in [0, 0.1) is 17.6 Å². The molecule has 1 saturated heterocycles. The second kappa shape index (κ2) is 7.97. The van der Waals surface area contributed by atoms with Crippen molar-refractivity contribution >= 4 is 15.9 Å². The number of benzene rings is 2. The molecule has 0 spiro atoms. The van der Waals surface area contributed by atoms with Crippen LogP contribution in [0.2, 0.25) is 0 Å². The van der Waals surface area contributed by atoms with Gasteiger partial charge in [-0.25, -0.2) is 18.4 Å². The fraction of sp³-hybridized carbons (Fsp3) is 0.300. The molecule has 2 atom stereocenters. The zero-order valence-corrected chi connectivity index (χ0v) is 16.5. The topological polar surface area (TPSA) is 49.2 Å². The average Bonchev–Trinajstić information content (AvgIpc) is 3.32. The normalized spacial score (nSPS) is 21.8. The average molecular weight is 450 g/mol. The molecule has 1 aliphatic heterocycles. The van der Waals surface area contributed by atoms with E-state index < -0.39 is 17.2 Å². The largest absolute Gasteiger partial charge is 0.493 e. The maximum absolute atomic E-state index is 14.6. The van der Waals surface area contributed by atoms with Crippen molar-refractivity contribution in [1.82, 2.24) is 14.8 Å². The molecule has 2 heterocycles. The van der Waals surface area contributed by atoms with Gasteiger partial charge < -0.3 is 9.47 Å². The standard InChI is InChI=1S/C20H18BrF2N3O2/c21-15-1-4-17(5-2-15)27-9-14-8-20(28-10-14,11-26-13-24-12-25-26)18-6-3-16(22)7-19(18)23/h1-7,12-14H,8-11H2/t14-,20+/m1/s1. The van der Waals surface area contributed by atoms with Gasteiger partial charge in [-0.15, -0.1) is 0 Å². The summed E-state index contributed by atoms with van der Waals surface area (Å²) in [6.45, 7) is 1.12. The maximum Gasteiger partial charge on any atom is 0.137 e. The van der Waals surface area contributed by atoms with Crippen molar-refractivity contribution in [3.63, 3.8) is 0 Å². The molecular weight excluding hydrogens is 432 g/mol. The Morgan fingerprint density at radius 3 is 2.75 bits per heavy atom. The molecule has 0 aliphatic carbocycles. The van der Waals surface area contributed by atoms with E-state index in [9.17, 15) is 8.78 Å². The second-order valence-corrected chi connectivity index (χ2v) is 7.77. The van der Waals surface area contributed by atoms with Crippen molar-refractivity contribution in [2.75, 3.05) is 13.2 Å². The Balaban J connectivity index is 1.54. The predicted octanol–water partition coefficient (Wildman–Crippen LogP) is 4.33. The Bertz CT molecular complexity index is 937. The highest BCUT2D eigenvalue weighted by molar-refractivity contribution is 9.10. The van der Waals surface area contributed by atoms with Crippen molar-refractivity contribution in [1.29, 1.82) is 0 Å². The van der Waals surface area contributed by atoms with E-state index in [0.29, 0.717) is 25.2 Å². The van der Waals surface area contributed by atoms with Crippen molar-refractivity contribution in [2.24, 2.45) is 5.92 Å². The zero-order chi connectivity index (χ0) is 19.6. The summed E-state index contributed by atoms with van der Waals surface area (Å²) in [5, 5.41) is 4.12. The van der Waals surface area contributed by atoms with E-state index in [0.717, 1.165) is 16.3 Å². The maximum atomic E-state index is 14.6. The molecular formula is C20H18BrF2N3O2. The first-order chi connectivity index (χ1) is 13.5. The van der Waals surface area contributed by atoms with Gasteiger partial charge >= 0.3 is 0 Å². The minimum atomic E-state index is -0.959. The summed E-state index contributed by atoms with van der Waals surface area (Å²) in [6, 6.07) is 11.1. The number of halogens is 3. The van der Waals surface area contributed by atoms with Crippen LogP contribution in [0.4, 0.5) is 8.78 Å². The highest BCUT2D eigenvalue weighted by Crippen LogP contribution is 2.42. The summed E-state index contributed by atoms with van der Waals surface area (Å²) in [5.74, 6) is -0.443. The van der Waals surface area contributed by atoms with Crippen LogP contribution >= 0.6 is 15.9 Å². The van der Waals surface area contributed by atoms with Crippen LogP contribution in [0.3, 0.4) is 0 Å². The van der Waals surface area contributed by atoms with Crippen molar-refractivity contribution in [3.05, 3.63) is 76.8 Å².